The highest BCUT2D eigenvalue weighted by Gasteiger charge is 2.73. The first kappa shape index (κ1) is 65.8. The minimum atomic E-state index is -1.57. The van der Waals surface area contributed by atoms with Gasteiger partial charge in [-0.15, -0.1) is 0 Å². The highest BCUT2D eigenvalue weighted by atomic mass is 35.6. The molecule has 0 aliphatic heterocycles. The molecule has 10 aliphatic carbocycles. The fourth-order valence-electron chi connectivity index (χ4n) is 24.1. The molecule has 452 valence electrons. The molecule has 0 amide bonds. The highest BCUT2D eigenvalue weighted by molar-refractivity contribution is 7.18. The first-order valence-corrected chi connectivity index (χ1v) is 44.0. The smallest absolute Gasteiger partial charge is 0.184 e. The van der Waals surface area contributed by atoms with Crippen molar-refractivity contribution in [3.63, 3.8) is 0 Å². The van der Waals surface area contributed by atoms with Crippen LogP contribution in [0.4, 0.5) is 0 Å². The number of hydrogen-bond acceptors (Lipinski definition) is 4. The Kier molecular flexibility index (Phi) is 18.2. The van der Waals surface area contributed by atoms with Gasteiger partial charge >= 0.3 is 0 Å². The van der Waals surface area contributed by atoms with Crippen LogP contribution in [0.5, 0.6) is 0 Å². The van der Waals surface area contributed by atoms with Crippen LogP contribution in [0.1, 0.15) is 219 Å². The molecule has 4 nitrogen and oxygen atoms in total. The second-order valence-electron chi connectivity index (χ2n) is 35.7. The summed E-state index contributed by atoms with van der Waals surface area (Å²) >= 11 is 5.67. The lowest BCUT2D eigenvalue weighted by atomic mass is 9.32. The number of aliphatic hydroxyl groups excluding tert-OH is 2. The van der Waals surface area contributed by atoms with Gasteiger partial charge in [0.1, 0.15) is 7.38 Å². The summed E-state index contributed by atoms with van der Waals surface area (Å²) in [7, 11) is -4.26. The number of allylic oxidation sites excluding steroid dienone is 2. The third kappa shape index (κ3) is 10.7. The maximum Gasteiger partial charge on any atom is 0.184 e. The molecule has 0 aromatic carbocycles. The van der Waals surface area contributed by atoms with Crippen LogP contribution >= 0.6 is 11.1 Å². The minimum Gasteiger partial charge on any atom is -0.417 e. The van der Waals surface area contributed by atoms with Crippen molar-refractivity contribution in [3.8, 4) is 0 Å². The molecule has 0 heterocycles. The van der Waals surface area contributed by atoms with Gasteiger partial charge < -0.3 is 19.1 Å². The van der Waals surface area contributed by atoms with Crippen molar-refractivity contribution < 1.29 is 19.1 Å². The molecule has 0 radical (unpaired) electrons. The summed E-state index contributed by atoms with van der Waals surface area (Å²) in [5.74, 6) is 7.21. The van der Waals surface area contributed by atoms with Crippen LogP contribution in [0.15, 0.2) is 24.3 Å². The van der Waals surface area contributed by atoms with Crippen LogP contribution < -0.4 is 0 Å². The van der Waals surface area contributed by atoms with Crippen LogP contribution in [0.3, 0.4) is 0 Å². The van der Waals surface area contributed by atoms with Gasteiger partial charge in [-0.2, -0.15) is 11.1 Å². The molecule has 8 heteroatoms. The van der Waals surface area contributed by atoms with E-state index in [1.165, 1.54) is 133 Å². The van der Waals surface area contributed by atoms with Gasteiger partial charge in [0, 0.05) is 13.2 Å². The first-order chi connectivity index (χ1) is 35.1. The molecule has 0 spiro atoms. The second-order valence-corrected chi connectivity index (χ2v) is 52.2. The van der Waals surface area contributed by atoms with Gasteiger partial charge in [-0.05, 0) is 295 Å². The monoisotopic (exact) mass is 1150 g/mol. The fraction of sp³-hybridized carbons (Fsp3) is 0.943. The van der Waals surface area contributed by atoms with Crippen LogP contribution in [-0.4, -0.2) is 59.7 Å². The van der Waals surface area contributed by atoms with Gasteiger partial charge in [0.25, 0.3) is 0 Å². The maximum atomic E-state index is 10.9. The quantitative estimate of drug-likeness (QED) is 0.144. The van der Waals surface area contributed by atoms with E-state index in [-0.39, 0.29) is 29.8 Å². The van der Waals surface area contributed by atoms with Crippen molar-refractivity contribution in [3.05, 3.63) is 24.3 Å². The zero-order valence-electron chi connectivity index (χ0n) is 54.5. The Balaban J connectivity index is 0.000000210. The van der Waals surface area contributed by atoms with Crippen molar-refractivity contribution in [2.45, 2.75) is 290 Å². The van der Waals surface area contributed by atoms with Crippen molar-refractivity contribution in [1.82, 2.24) is 0 Å². The Labute approximate surface area is 492 Å². The van der Waals surface area contributed by atoms with E-state index in [9.17, 15) is 10.2 Å². The molecule has 0 aromatic heterocycles. The molecule has 2 N–H and O–H groups in total. The number of rotatable bonds is 8. The molecular formula is C70H129ClO4Si3. The van der Waals surface area contributed by atoms with Crippen LogP contribution in [0.25, 0.3) is 0 Å². The Morgan fingerprint density at radius 1 is 0.487 bits per heavy atom. The average Bonchev–Trinajstić information content (AvgIpc) is 4.05. The number of hydrogen-bond donors (Lipinski definition) is 2. The van der Waals surface area contributed by atoms with Gasteiger partial charge in [0.2, 0.25) is 0 Å². The van der Waals surface area contributed by atoms with Gasteiger partial charge in [-0.25, -0.2) is 0 Å². The summed E-state index contributed by atoms with van der Waals surface area (Å²) in [4.78, 5) is 0. The lowest BCUT2D eigenvalue weighted by Crippen LogP contribution is -2.67. The SMILES string of the molecule is C.C=C(C)[C@@H]1CC[C@]2(CO)CC[C@]3(C)[C@H](CC[C@@H]4[C@@]5(C)CC[C@H](O)C(C)(C)[C@@H]5CC[C@]43C)[C@@H]12.C=C(C)[C@@H]1CC[C@]2(CO[Si](C)(C)C)CC[C@]3(C)[C@H](CC[C@@H]4[C@@]5(C)CC[C@H](O[Si](C)(C)C)C(C)(C)[C@@H]5CC[C@]43C)[C@@H]12.C[Si](C)(C)Cl. The Hall–Kier alpha value is 0.261. The summed E-state index contributed by atoms with van der Waals surface area (Å²) in [6.45, 7) is 61.7. The fourth-order valence-corrected chi connectivity index (χ4v) is 26.1. The van der Waals surface area contributed by atoms with Gasteiger partial charge in [-0.1, -0.05) is 121 Å². The van der Waals surface area contributed by atoms with E-state index < -0.39 is 24.0 Å². The topological polar surface area (TPSA) is 58.9 Å². The Morgan fingerprint density at radius 2 is 0.897 bits per heavy atom. The van der Waals surface area contributed by atoms with E-state index >= 15 is 0 Å². The number of aliphatic hydroxyl groups is 2. The first-order valence-electron chi connectivity index (χ1n) is 32.7. The zero-order valence-corrected chi connectivity index (χ0v) is 58.2. The molecule has 0 aromatic rings. The van der Waals surface area contributed by atoms with Crippen LogP contribution in [0.2, 0.25) is 58.9 Å². The number of fused-ring (bicyclic) bond motifs is 14. The van der Waals surface area contributed by atoms with E-state index in [4.69, 9.17) is 19.9 Å². The maximum absolute atomic E-state index is 10.9. The molecule has 10 saturated carbocycles. The molecule has 10 fully saturated rings. The predicted octanol–water partition coefficient (Wildman–Crippen LogP) is 20.4. The lowest BCUT2D eigenvalue weighted by molar-refractivity contribution is -0.249. The molecule has 0 bridgehead atoms. The van der Waals surface area contributed by atoms with Crippen molar-refractivity contribution >= 4 is 35.1 Å². The molecule has 20 atom stereocenters. The van der Waals surface area contributed by atoms with Crippen molar-refractivity contribution in [2.24, 2.45) is 113 Å². The molecule has 0 unspecified atom stereocenters. The third-order valence-corrected chi connectivity index (χ3v) is 30.0. The van der Waals surface area contributed by atoms with Gasteiger partial charge in [0.15, 0.2) is 16.6 Å². The Bertz CT molecular complexity index is 2170. The van der Waals surface area contributed by atoms with E-state index in [1.54, 1.807) is 0 Å². The average molecular weight is 1150 g/mol. The van der Waals surface area contributed by atoms with E-state index in [0.29, 0.717) is 74.3 Å². The summed E-state index contributed by atoms with van der Waals surface area (Å²) in [5, 5.41) is 21.5. The van der Waals surface area contributed by atoms with Crippen LogP contribution in [-0.2, 0) is 8.85 Å². The number of halogens is 1. The molecule has 10 aliphatic rings. The van der Waals surface area contributed by atoms with E-state index in [2.05, 4.69) is 155 Å². The van der Waals surface area contributed by atoms with Gasteiger partial charge in [0.05, 0.1) is 12.2 Å². The standard InChI is InChI=1S/C36H66O2Si2.C30H50O2.C3H9ClSi.CH4/c1-25(2)26-16-21-36(24-37-39(8,9)10)23-22-34(6)27(31(26)36)14-15-29-33(5)19-18-30(38-40(11,12)13)32(3,4)28(33)17-20-35(29,34)7;1-19(2)20-10-15-30(18-31)17-16-28(6)21(25(20)30)8-9-23-27(5)13-12-24(32)26(3,4)22(27)11-14-29(23,28)7;1-5(2,3)4;/h26-31H,1,14-24H2,2-13H3;20-25,31-32H,1,8-18H2,2-7H3;1-3H3;1H4/t26-,27+,28-,29+,30-,31+,33-,34+,35+,36+;20-,21+,22-,23+,24-,25+,27-,28+,29+,30+;;/m00../s1. The summed E-state index contributed by atoms with van der Waals surface area (Å²) in [5.41, 5.74) is 5.98. The molecule has 10 rings (SSSR count). The van der Waals surface area contributed by atoms with Gasteiger partial charge in [-0.3, -0.25) is 0 Å². The molecule has 0 saturated heterocycles. The summed E-state index contributed by atoms with van der Waals surface area (Å²) in [6.07, 6.45) is 26.4. The molecule has 78 heavy (non-hydrogen) atoms. The van der Waals surface area contributed by atoms with E-state index in [0.717, 1.165) is 48.5 Å². The third-order valence-electron chi connectivity index (χ3n) is 28.0. The normalized spacial score (nSPS) is 48.8. The summed E-state index contributed by atoms with van der Waals surface area (Å²) in [6, 6.07) is 0. The van der Waals surface area contributed by atoms with Crippen LogP contribution in [0, 0.1) is 113 Å². The lowest BCUT2D eigenvalue weighted by Gasteiger charge is -2.73. The zero-order chi connectivity index (χ0) is 57.6. The minimum absolute atomic E-state index is 0. The second kappa shape index (κ2) is 21.6. The molecular weight excluding hydrogens is 1020 g/mol. The predicted molar refractivity (Wildman–Crippen MR) is 344 cm³/mol. The van der Waals surface area contributed by atoms with Crippen molar-refractivity contribution in [1.29, 1.82) is 0 Å². The highest BCUT2D eigenvalue weighted by Crippen LogP contribution is 2.80. The Morgan fingerprint density at radius 3 is 1.32 bits per heavy atom. The largest absolute Gasteiger partial charge is 0.417 e. The summed E-state index contributed by atoms with van der Waals surface area (Å²) < 4.78 is 13.7. The van der Waals surface area contributed by atoms with E-state index in [1.807, 2.05) is 0 Å². The van der Waals surface area contributed by atoms with Crippen molar-refractivity contribution in [2.75, 3.05) is 13.2 Å².